The molecule has 0 spiro atoms. The van der Waals surface area contributed by atoms with Gasteiger partial charge < -0.3 is 9.73 Å². The van der Waals surface area contributed by atoms with Gasteiger partial charge >= 0.3 is 0 Å². The van der Waals surface area contributed by atoms with Crippen molar-refractivity contribution in [3.05, 3.63) is 40.2 Å². The summed E-state index contributed by atoms with van der Waals surface area (Å²) in [6.45, 7) is 6.87. The van der Waals surface area contributed by atoms with Crippen LogP contribution in [0.1, 0.15) is 23.4 Å². The van der Waals surface area contributed by atoms with E-state index < -0.39 is 0 Å². The first-order valence-electron chi connectivity index (χ1n) is 6.49. The lowest BCUT2D eigenvalue weighted by molar-refractivity contribution is 0.239. The number of furan rings is 1. The smallest absolute Gasteiger partial charge is 0.117 e. The Morgan fingerprint density at radius 2 is 2.37 bits per heavy atom. The molecule has 2 rings (SSSR count). The third-order valence-corrected chi connectivity index (χ3v) is 3.97. The van der Waals surface area contributed by atoms with E-state index >= 15 is 0 Å². The molecular weight excluding hydrogens is 258 g/mol. The molecule has 0 radical (unpaired) electrons. The number of hydrogen-bond acceptors (Lipinski definition) is 5. The van der Waals surface area contributed by atoms with Crippen LogP contribution in [0.4, 0.5) is 0 Å². The second-order valence-electron chi connectivity index (χ2n) is 4.83. The zero-order valence-electron chi connectivity index (χ0n) is 11.7. The molecule has 1 N–H and O–H groups in total. The molecule has 19 heavy (non-hydrogen) atoms. The second-order valence-corrected chi connectivity index (χ2v) is 5.89. The molecule has 1 atom stereocenters. The van der Waals surface area contributed by atoms with E-state index in [0.29, 0.717) is 6.04 Å². The van der Waals surface area contributed by atoms with Crippen LogP contribution in [-0.4, -0.2) is 29.5 Å². The number of rotatable bonds is 7. The summed E-state index contributed by atoms with van der Waals surface area (Å²) in [6, 6.07) is 4.35. The molecule has 1 unspecified atom stereocenters. The number of aryl methyl sites for hydroxylation is 1. The van der Waals surface area contributed by atoms with Crippen molar-refractivity contribution in [2.75, 3.05) is 13.6 Å². The standard InChI is InChI=1S/C14H21N3OS/c1-11(7-15-8-14-5-4-6-18-14)17(3)9-13-10-19-12(2)16-13/h4-6,10-11,15H,7-9H2,1-3H3. The second kappa shape index (κ2) is 6.84. The largest absolute Gasteiger partial charge is 0.468 e. The lowest BCUT2D eigenvalue weighted by Gasteiger charge is -2.24. The van der Waals surface area contributed by atoms with Gasteiger partial charge in [-0.15, -0.1) is 11.3 Å². The van der Waals surface area contributed by atoms with E-state index in [1.54, 1.807) is 17.6 Å². The van der Waals surface area contributed by atoms with E-state index in [1.165, 1.54) is 0 Å². The van der Waals surface area contributed by atoms with Gasteiger partial charge in [0.15, 0.2) is 0 Å². The maximum Gasteiger partial charge on any atom is 0.117 e. The van der Waals surface area contributed by atoms with Crippen LogP contribution in [0.25, 0.3) is 0 Å². The van der Waals surface area contributed by atoms with Crippen LogP contribution in [0.15, 0.2) is 28.2 Å². The first-order valence-corrected chi connectivity index (χ1v) is 7.37. The summed E-state index contributed by atoms with van der Waals surface area (Å²) in [5.74, 6) is 0.977. The quantitative estimate of drug-likeness (QED) is 0.846. The van der Waals surface area contributed by atoms with Gasteiger partial charge in [0.25, 0.3) is 0 Å². The molecule has 5 heteroatoms. The first-order chi connectivity index (χ1) is 9.15. The van der Waals surface area contributed by atoms with Crippen molar-refractivity contribution in [3.8, 4) is 0 Å². The highest BCUT2D eigenvalue weighted by atomic mass is 32.1. The Morgan fingerprint density at radius 3 is 3.00 bits per heavy atom. The van der Waals surface area contributed by atoms with Crippen molar-refractivity contribution in [2.24, 2.45) is 0 Å². The van der Waals surface area contributed by atoms with Gasteiger partial charge in [-0.3, -0.25) is 4.90 Å². The topological polar surface area (TPSA) is 41.3 Å². The van der Waals surface area contributed by atoms with Gasteiger partial charge in [-0.2, -0.15) is 0 Å². The Morgan fingerprint density at radius 1 is 1.53 bits per heavy atom. The van der Waals surface area contributed by atoms with Crippen LogP contribution in [0, 0.1) is 6.92 Å². The Bertz CT molecular complexity index is 481. The maximum atomic E-state index is 5.29. The lowest BCUT2D eigenvalue weighted by atomic mass is 10.2. The number of hydrogen-bond donors (Lipinski definition) is 1. The van der Waals surface area contributed by atoms with Crippen LogP contribution in [0.5, 0.6) is 0 Å². The van der Waals surface area contributed by atoms with Gasteiger partial charge in [0.2, 0.25) is 0 Å². The van der Waals surface area contributed by atoms with Crippen molar-refractivity contribution >= 4 is 11.3 Å². The van der Waals surface area contributed by atoms with E-state index in [-0.39, 0.29) is 0 Å². The third-order valence-electron chi connectivity index (χ3n) is 3.15. The number of thiazole rings is 1. The average Bonchev–Trinajstić information content (AvgIpc) is 3.01. The van der Waals surface area contributed by atoms with Gasteiger partial charge in [0, 0.05) is 24.5 Å². The number of likely N-dealkylation sites (N-methyl/N-ethyl adjacent to an activating group) is 1. The van der Waals surface area contributed by atoms with Crippen LogP contribution < -0.4 is 5.32 Å². The van der Waals surface area contributed by atoms with Gasteiger partial charge in [-0.05, 0) is 33.0 Å². The molecular formula is C14H21N3OS. The minimum Gasteiger partial charge on any atom is -0.468 e. The Kier molecular flexibility index (Phi) is 5.13. The summed E-state index contributed by atoms with van der Waals surface area (Å²) in [5.41, 5.74) is 1.16. The zero-order valence-corrected chi connectivity index (χ0v) is 12.5. The molecule has 0 fully saturated rings. The molecule has 0 aliphatic carbocycles. The summed E-state index contributed by atoms with van der Waals surface area (Å²) in [6.07, 6.45) is 1.71. The highest BCUT2D eigenvalue weighted by Crippen LogP contribution is 2.11. The van der Waals surface area contributed by atoms with Crippen LogP contribution in [-0.2, 0) is 13.1 Å². The molecule has 104 valence electrons. The van der Waals surface area contributed by atoms with Crippen molar-refractivity contribution in [2.45, 2.75) is 33.0 Å². The summed E-state index contributed by atoms with van der Waals surface area (Å²) in [4.78, 5) is 6.80. The van der Waals surface area contributed by atoms with Crippen molar-refractivity contribution in [3.63, 3.8) is 0 Å². The fourth-order valence-electron chi connectivity index (χ4n) is 1.87. The predicted molar refractivity (Wildman–Crippen MR) is 78.2 cm³/mol. The molecule has 0 saturated carbocycles. The van der Waals surface area contributed by atoms with Crippen LogP contribution >= 0.6 is 11.3 Å². The fraction of sp³-hybridized carbons (Fsp3) is 0.500. The monoisotopic (exact) mass is 279 g/mol. The summed E-state index contributed by atoms with van der Waals surface area (Å²) < 4.78 is 5.29. The van der Waals surface area contributed by atoms with Crippen LogP contribution in [0.3, 0.4) is 0 Å². The Balaban J connectivity index is 1.71. The molecule has 0 amide bonds. The summed E-state index contributed by atoms with van der Waals surface area (Å²) >= 11 is 1.71. The van der Waals surface area contributed by atoms with E-state index in [0.717, 1.165) is 36.1 Å². The lowest BCUT2D eigenvalue weighted by Crippen LogP contribution is -2.37. The third kappa shape index (κ3) is 4.45. The number of aromatic nitrogens is 1. The van der Waals surface area contributed by atoms with Gasteiger partial charge in [-0.25, -0.2) is 4.98 Å². The van der Waals surface area contributed by atoms with Crippen LogP contribution in [0.2, 0.25) is 0 Å². The highest BCUT2D eigenvalue weighted by molar-refractivity contribution is 7.09. The molecule has 4 nitrogen and oxygen atoms in total. The summed E-state index contributed by atoms with van der Waals surface area (Å²) in [7, 11) is 2.13. The van der Waals surface area contributed by atoms with Gasteiger partial charge in [-0.1, -0.05) is 0 Å². The minimum absolute atomic E-state index is 0.456. The van der Waals surface area contributed by atoms with E-state index in [1.807, 2.05) is 19.1 Å². The molecule has 0 saturated heterocycles. The average molecular weight is 279 g/mol. The Labute approximate surface area is 118 Å². The predicted octanol–water partition coefficient (Wildman–Crippen LogP) is 2.65. The van der Waals surface area contributed by atoms with E-state index in [4.69, 9.17) is 4.42 Å². The molecule has 2 heterocycles. The molecule has 0 aliphatic rings. The molecule has 2 aromatic rings. The van der Waals surface area contributed by atoms with Crippen molar-refractivity contribution in [1.29, 1.82) is 0 Å². The fourth-order valence-corrected chi connectivity index (χ4v) is 2.47. The first kappa shape index (κ1) is 14.2. The van der Waals surface area contributed by atoms with Crippen molar-refractivity contribution in [1.82, 2.24) is 15.2 Å². The SMILES string of the molecule is Cc1nc(CN(C)C(C)CNCc2ccco2)cs1. The molecule has 0 aliphatic heterocycles. The highest BCUT2D eigenvalue weighted by Gasteiger charge is 2.11. The van der Waals surface area contributed by atoms with E-state index in [9.17, 15) is 0 Å². The van der Waals surface area contributed by atoms with Gasteiger partial charge in [0.05, 0.1) is 23.5 Å². The number of nitrogens with one attached hydrogen (secondary N) is 1. The molecule has 2 aromatic heterocycles. The number of nitrogens with zero attached hydrogens (tertiary/aromatic N) is 2. The minimum atomic E-state index is 0.456. The van der Waals surface area contributed by atoms with E-state index in [2.05, 4.69) is 34.6 Å². The van der Waals surface area contributed by atoms with Gasteiger partial charge in [0.1, 0.15) is 5.76 Å². The Hall–Kier alpha value is -1.17. The van der Waals surface area contributed by atoms with Crippen molar-refractivity contribution < 1.29 is 4.42 Å². The maximum absolute atomic E-state index is 5.29. The molecule has 0 bridgehead atoms. The normalized spacial score (nSPS) is 13.1. The summed E-state index contributed by atoms with van der Waals surface area (Å²) in [5, 5.41) is 6.67. The zero-order chi connectivity index (χ0) is 13.7. The molecule has 0 aromatic carbocycles.